The Hall–Kier alpha value is -0.510. The van der Waals surface area contributed by atoms with Gasteiger partial charge in [-0.25, -0.2) is 4.68 Å². The van der Waals surface area contributed by atoms with E-state index < -0.39 is 0 Å². The van der Waals surface area contributed by atoms with Crippen molar-refractivity contribution in [1.82, 2.24) is 9.78 Å². The molecule has 0 aliphatic rings. The lowest BCUT2D eigenvalue weighted by Gasteiger charge is -2.04. The van der Waals surface area contributed by atoms with E-state index in [2.05, 4.69) is 21.0 Å². The van der Waals surface area contributed by atoms with Crippen LogP contribution in [0.15, 0.2) is 35.1 Å². The van der Waals surface area contributed by atoms with Crippen LogP contribution in [0.5, 0.6) is 0 Å². The monoisotopic (exact) mass is 304 g/mol. The predicted octanol–water partition coefficient (Wildman–Crippen LogP) is 4.03. The maximum atomic E-state index is 5.79. The molecular formula is C10H7BrCl2N2. The van der Waals surface area contributed by atoms with E-state index in [0.29, 0.717) is 10.9 Å². The van der Waals surface area contributed by atoms with Crippen molar-refractivity contribution in [1.29, 1.82) is 0 Å². The first-order valence-electron chi connectivity index (χ1n) is 4.25. The molecule has 0 radical (unpaired) electrons. The van der Waals surface area contributed by atoms with Crippen LogP contribution in [0.1, 0.15) is 5.56 Å². The average Bonchev–Trinajstić information content (AvgIpc) is 2.65. The van der Waals surface area contributed by atoms with Crippen LogP contribution in [0.2, 0.25) is 5.02 Å². The van der Waals surface area contributed by atoms with Gasteiger partial charge in [0.05, 0.1) is 16.9 Å². The molecule has 0 saturated carbocycles. The van der Waals surface area contributed by atoms with Gasteiger partial charge >= 0.3 is 0 Å². The van der Waals surface area contributed by atoms with Gasteiger partial charge in [0.2, 0.25) is 0 Å². The third-order valence-corrected chi connectivity index (χ3v) is 3.22. The summed E-state index contributed by atoms with van der Waals surface area (Å²) in [5, 5.41) is 4.73. The largest absolute Gasteiger partial charge is 0.239 e. The van der Waals surface area contributed by atoms with Crippen molar-refractivity contribution in [3.63, 3.8) is 0 Å². The number of hydrogen-bond donors (Lipinski definition) is 0. The Kier molecular flexibility index (Phi) is 3.34. The lowest BCUT2D eigenvalue weighted by atomic mass is 10.2. The second kappa shape index (κ2) is 4.56. The second-order valence-corrected chi connectivity index (χ2v) is 4.57. The zero-order valence-electron chi connectivity index (χ0n) is 7.62. The highest BCUT2D eigenvalue weighted by Crippen LogP contribution is 2.22. The summed E-state index contributed by atoms with van der Waals surface area (Å²) >= 11 is 15.0. The normalized spacial score (nSPS) is 10.6. The van der Waals surface area contributed by atoms with Crippen molar-refractivity contribution in [3.8, 4) is 5.69 Å². The van der Waals surface area contributed by atoms with E-state index in [1.807, 2.05) is 18.2 Å². The molecule has 0 N–H and O–H groups in total. The van der Waals surface area contributed by atoms with Gasteiger partial charge in [0.15, 0.2) is 0 Å². The van der Waals surface area contributed by atoms with E-state index in [1.165, 1.54) is 0 Å². The first-order chi connectivity index (χ1) is 7.20. The molecule has 0 spiro atoms. The standard InChI is InChI=1S/C10H7BrCl2N2/c11-10-3-9(2-1-7(10)4-12)15-6-8(13)5-14-15/h1-3,5-6H,4H2. The molecule has 0 unspecified atom stereocenters. The van der Waals surface area contributed by atoms with Gasteiger partial charge in [-0.05, 0) is 17.7 Å². The highest BCUT2D eigenvalue weighted by Gasteiger charge is 2.03. The zero-order chi connectivity index (χ0) is 10.8. The molecule has 2 aromatic rings. The highest BCUT2D eigenvalue weighted by atomic mass is 79.9. The van der Waals surface area contributed by atoms with Crippen LogP contribution >= 0.6 is 39.1 Å². The minimum Gasteiger partial charge on any atom is -0.239 e. The molecule has 0 bridgehead atoms. The number of rotatable bonds is 2. The van der Waals surface area contributed by atoms with E-state index >= 15 is 0 Å². The van der Waals surface area contributed by atoms with Crippen molar-refractivity contribution in [2.45, 2.75) is 5.88 Å². The molecule has 0 aliphatic carbocycles. The van der Waals surface area contributed by atoms with Crippen molar-refractivity contribution >= 4 is 39.1 Å². The fourth-order valence-electron chi connectivity index (χ4n) is 1.23. The summed E-state index contributed by atoms with van der Waals surface area (Å²) in [6.07, 6.45) is 3.36. The molecule has 2 nitrogen and oxygen atoms in total. The zero-order valence-corrected chi connectivity index (χ0v) is 10.7. The van der Waals surface area contributed by atoms with Gasteiger partial charge < -0.3 is 0 Å². The van der Waals surface area contributed by atoms with Crippen LogP contribution in [-0.4, -0.2) is 9.78 Å². The SMILES string of the molecule is ClCc1ccc(-n2cc(Cl)cn2)cc1Br. The van der Waals surface area contributed by atoms with Gasteiger partial charge in [0.1, 0.15) is 0 Å². The fourth-order valence-corrected chi connectivity index (χ4v) is 2.27. The van der Waals surface area contributed by atoms with Crippen molar-refractivity contribution < 1.29 is 0 Å². The van der Waals surface area contributed by atoms with E-state index in [9.17, 15) is 0 Å². The number of aromatic nitrogens is 2. The Morgan fingerprint density at radius 2 is 2.20 bits per heavy atom. The number of alkyl halides is 1. The third-order valence-electron chi connectivity index (χ3n) is 2.00. The molecule has 5 heteroatoms. The van der Waals surface area contributed by atoms with Gasteiger partial charge in [-0.3, -0.25) is 0 Å². The molecule has 0 saturated heterocycles. The molecule has 0 atom stereocenters. The molecule has 1 aromatic heterocycles. The number of halogens is 3. The van der Waals surface area contributed by atoms with Crippen LogP contribution in [0, 0.1) is 0 Å². The number of nitrogens with zero attached hydrogens (tertiary/aromatic N) is 2. The highest BCUT2D eigenvalue weighted by molar-refractivity contribution is 9.10. The van der Waals surface area contributed by atoms with E-state index in [4.69, 9.17) is 23.2 Å². The summed E-state index contributed by atoms with van der Waals surface area (Å²) in [5.41, 5.74) is 2.00. The Labute approximate surface area is 106 Å². The fraction of sp³-hybridized carbons (Fsp3) is 0.100. The molecule has 0 amide bonds. The first-order valence-corrected chi connectivity index (χ1v) is 5.96. The average molecular weight is 306 g/mol. The van der Waals surface area contributed by atoms with Crippen LogP contribution in [0.3, 0.4) is 0 Å². The summed E-state index contributed by atoms with van der Waals surface area (Å²) in [6, 6.07) is 5.87. The minimum atomic E-state index is 0.487. The van der Waals surface area contributed by atoms with Gasteiger partial charge in [-0.1, -0.05) is 33.6 Å². The number of benzene rings is 1. The van der Waals surface area contributed by atoms with Gasteiger partial charge in [-0.2, -0.15) is 5.10 Å². The van der Waals surface area contributed by atoms with Crippen LogP contribution < -0.4 is 0 Å². The minimum absolute atomic E-state index is 0.487. The van der Waals surface area contributed by atoms with Crippen molar-refractivity contribution in [2.75, 3.05) is 0 Å². The van der Waals surface area contributed by atoms with Gasteiger partial charge in [0.25, 0.3) is 0 Å². The van der Waals surface area contributed by atoms with Crippen LogP contribution in [0.25, 0.3) is 5.69 Å². The summed E-state index contributed by atoms with van der Waals surface area (Å²) in [4.78, 5) is 0. The smallest absolute Gasteiger partial charge is 0.0790 e. The third kappa shape index (κ3) is 2.36. The lowest BCUT2D eigenvalue weighted by Crippen LogP contribution is -1.94. The van der Waals surface area contributed by atoms with E-state index in [0.717, 1.165) is 15.7 Å². The van der Waals surface area contributed by atoms with E-state index in [-0.39, 0.29) is 0 Å². The molecule has 1 heterocycles. The molecule has 2 rings (SSSR count). The summed E-state index contributed by atoms with van der Waals surface area (Å²) in [6.45, 7) is 0. The second-order valence-electron chi connectivity index (χ2n) is 3.01. The number of hydrogen-bond acceptors (Lipinski definition) is 1. The van der Waals surface area contributed by atoms with Crippen molar-refractivity contribution in [3.05, 3.63) is 45.7 Å². The van der Waals surface area contributed by atoms with Crippen LogP contribution in [0.4, 0.5) is 0 Å². The van der Waals surface area contributed by atoms with Crippen molar-refractivity contribution in [2.24, 2.45) is 0 Å². The Morgan fingerprint density at radius 3 is 2.73 bits per heavy atom. The quantitative estimate of drug-likeness (QED) is 0.766. The Balaban J connectivity index is 2.42. The Morgan fingerprint density at radius 1 is 1.40 bits per heavy atom. The first kappa shape index (κ1) is 11.0. The topological polar surface area (TPSA) is 17.8 Å². The Bertz CT molecular complexity index is 482. The lowest BCUT2D eigenvalue weighted by molar-refractivity contribution is 0.879. The van der Waals surface area contributed by atoms with Gasteiger partial charge in [0, 0.05) is 16.5 Å². The van der Waals surface area contributed by atoms with Crippen LogP contribution in [-0.2, 0) is 5.88 Å². The molecule has 0 fully saturated rings. The summed E-state index contributed by atoms with van der Waals surface area (Å²) in [7, 11) is 0. The molecule has 0 aliphatic heterocycles. The molecular weight excluding hydrogens is 299 g/mol. The summed E-state index contributed by atoms with van der Waals surface area (Å²) in [5.74, 6) is 0.487. The maximum absolute atomic E-state index is 5.79. The summed E-state index contributed by atoms with van der Waals surface area (Å²) < 4.78 is 2.69. The van der Waals surface area contributed by atoms with Gasteiger partial charge in [-0.15, -0.1) is 11.6 Å². The molecule has 15 heavy (non-hydrogen) atoms. The maximum Gasteiger partial charge on any atom is 0.0790 e. The molecule has 1 aromatic carbocycles. The van der Waals surface area contributed by atoms with E-state index in [1.54, 1.807) is 17.1 Å². The molecule has 78 valence electrons. The predicted molar refractivity (Wildman–Crippen MR) is 65.8 cm³/mol.